The van der Waals surface area contributed by atoms with Crippen molar-refractivity contribution in [3.63, 3.8) is 0 Å². The van der Waals surface area contributed by atoms with E-state index in [9.17, 15) is 9.59 Å². The Kier molecular flexibility index (Phi) is 7.20. The second kappa shape index (κ2) is 9.38. The van der Waals surface area contributed by atoms with Gasteiger partial charge in [0.25, 0.3) is 0 Å². The number of hydrogen-bond acceptors (Lipinski definition) is 5. The van der Waals surface area contributed by atoms with Gasteiger partial charge in [0.2, 0.25) is 11.8 Å². The molecule has 0 saturated heterocycles. The van der Waals surface area contributed by atoms with E-state index in [1.54, 1.807) is 0 Å². The van der Waals surface area contributed by atoms with Crippen LogP contribution in [0.15, 0.2) is 29.4 Å². The molecule has 26 heavy (non-hydrogen) atoms. The quantitative estimate of drug-likeness (QED) is 0.651. The molecule has 1 aromatic carbocycles. The summed E-state index contributed by atoms with van der Waals surface area (Å²) in [5, 5.41) is 11.6. The molecule has 0 aliphatic rings. The second-order valence-corrected chi connectivity index (χ2v) is 7.38. The molecule has 8 heteroatoms. The Balaban J connectivity index is 1.93. The normalized spacial score (nSPS) is 12.0. The molecule has 0 unspecified atom stereocenters. The third-order valence-corrected chi connectivity index (χ3v) is 5.02. The van der Waals surface area contributed by atoms with Crippen molar-refractivity contribution >= 4 is 23.6 Å². The predicted molar refractivity (Wildman–Crippen MR) is 102 cm³/mol. The number of carbonyl (C=O) groups is 2. The number of thioether (sulfide) groups is 1. The first kappa shape index (κ1) is 20.0. The van der Waals surface area contributed by atoms with E-state index in [1.807, 2.05) is 49.6 Å². The zero-order valence-electron chi connectivity index (χ0n) is 15.4. The minimum atomic E-state index is -0.367. The minimum absolute atomic E-state index is 0.0556. The Bertz CT molecular complexity index is 757. The highest BCUT2D eigenvalue weighted by Crippen LogP contribution is 2.23. The molecule has 1 aromatic heterocycles. The van der Waals surface area contributed by atoms with Crippen LogP contribution in [-0.4, -0.2) is 31.8 Å². The molecule has 0 bridgehead atoms. The zero-order chi connectivity index (χ0) is 19.1. The van der Waals surface area contributed by atoms with Crippen LogP contribution in [0.3, 0.4) is 0 Å². The Hall–Kier alpha value is -2.35. The van der Waals surface area contributed by atoms with Crippen LogP contribution in [0, 0.1) is 6.92 Å². The summed E-state index contributed by atoms with van der Waals surface area (Å²) in [5.41, 5.74) is 7.45. The first-order valence-corrected chi connectivity index (χ1v) is 9.49. The third-order valence-electron chi connectivity index (χ3n) is 3.94. The number of aryl methyl sites for hydroxylation is 2. The van der Waals surface area contributed by atoms with Crippen LogP contribution in [0.4, 0.5) is 0 Å². The topological polar surface area (TPSA) is 103 Å². The average molecular weight is 375 g/mol. The van der Waals surface area contributed by atoms with Gasteiger partial charge in [0.15, 0.2) is 5.16 Å². The Morgan fingerprint density at radius 2 is 1.96 bits per heavy atom. The fourth-order valence-electron chi connectivity index (χ4n) is 2.39. The molecule has 1 atom stereocenters. The van der Waals surface area contributed by atoms with Crippen molar-refractivity contribution in [1.29, 1.82) is 0 Å². The molecule has 7 nitrogen and oxygen atoms in total. The van der Waals surface area contributed by atoms with Crippen molar-refractivity contribution in [2.75, 3.05) is 0 Å². The summed E-state index contributed by atoms with van der Waals surface area (Å²) in [7, 11) is 0. The maximum absolute atomic E-state index is 12.4. The second-order valence-electron chi connectivity index (χ2n) is 6.07. The van der Waals surface area contributed by atoms with Gasteiger partial charge in [0.1, 0.15) is 5.82 Å². The number of amides is 2. The SMILES string of the molecule is CCn1c(CCC(N)=O)nnc1S[C@@H](C)C(=O)NCc1ccc(C)cc1. The summed E-state index contributed by atoms with van der Waals surface area (Å²) < 4.78 is 1.91. The summed E-state index contributed by atoms with van der Waals surface area (Å²) in [6, 6.07) is 8.06. The van der Waals surface area contributed by atoms with Gasteiger partial charge in [-0.3, -0.25) is 9.59 Å². The van der Waals surface area contributed by atoms with Crippen molar-refractivity contribution in [3.8, 4) is 0 Å². The van der Waals surface area contributed by atoms with Crippen LogP contribution < -0.4 is 11.1 Å². The van der Waals surface area contributed by atoms with E-state index in [1.165, 1.54) is 17.3 Å². The standard InChI is InChI=1S/C18H25N5O2S/c1-4-23-16(10-9-15(19)24)21-22-18(23)26-13(3)17(25)20-11-14-7-5-12(2)6-8-14/h5-8,13H,4,9-11H2,1-3H3,(H2,19,24)(H,20,25)/t13-/m0/s1. The highest BCUT2D eigenvalue weighted by Gasteiger charge is 2.19. The number of benzene rings is 1. The van der Waals surface area contributed by atoms with Gasteiger partial charge in [-0.15, -0.1) is 10.2 Å². The summed E-state index contributed by atoms with van der Waals surface area (Å²) in [5.74, 6) is 0.287. The van der Waals surface area contributed by atoms with E-state index < -0.39 is 0 Å². The molecular formula is C18H25N5O2S. The molecule has 0 aliphatic carbocycles. The van der Waals surface area contributed by atoms with Gasteiger partial charge in [-0.05, 0) is 26.3 Å². The predicted octanol–water partition coefficient (Wildman–Crippen LogP) is 1.82. The number of nitrogens with two attached hydrogens (primary N) is 1. The highest BCUT2D eigenvalue weighted by atomic mass is 32.2. The lowest BCUT2D eigenvalue weighted by atomic mass is 10.1. The van der Waals surface area contributed by atoms with Gasteiger partial charge < -0.3 is 15.6 Å². The van der Waals surface area contributed by atoms with Gasteiger partial charge in [-0.25, -0.2) is 0 Å². The summed E-state index contributed by atoms with van der Waals surface area (Å²) in [6.45, 7) is 7.01. The molecular weight excluding hydrogens is 350 g/mol. The Labute approximate surface area is 157 Å². The molecule has 0 radical (unpaired) electrons. The largest absolute Gasteiger partial charge is 0.370 e. The van der Waals surface area contributed by atoms with Gasteiger partial charge in [-0.1, -0.05) is 41.6 Å². The highest BCUT2D eigenvalue weighted by molar-refractivity contribution is 8.00. The summed E-state index contributed by atoms with van der Waals surface area (Å²) >= 11 is 1.36. The van der Waals surface area contributed by atoms with Crippen LogP contribution in [-0.2, 0) is 29.1 Å². The molecule has 2 rings (SSSR count). The monoisotopic (exact) mass is 375 g/mol. The van der Waals surface area contributed by atoms with Gasteiger partial charge in [-0.2, -0.15) is 0 Å². The van der Waals surface area contributed by atoms with Crippen molar-refractivity contribution in [1.82, 2.24) is 20.1 Å². The number of rotatable bonds is 9. The van der Waals surface area contributed by atoms with Crippen molar-refractivity contribution in [2.45, 2.75) is 57.1 Å². The maximum atomic E-state index is 12.4. The number of aromatic nitrogens is 3. The van der Waals surface area contributed by atoms with E-state index in [4.69, 9.17) is 5.73 Å². The van der Waals surface area contributed by atoms with Crippen molar-refractivity contribution in [3.05, 3.63) is 41.2 Å². The van der Waals surface area contributed by atoms with Crippen LogP contribution in [0.1, 0.15) is 37.2 Å². The molecule has 2 amide bonds. The lowest BCUT2D eigenvalue weighted by molar-refractivity contribution is -0.120. The molecule has 0 aliphatic heterocycles. The average Bonchev–Trinajstić information content (AvgIpc) is 3.00. The summed E-state index contributed by atoms with van der Waals surface area (Å²) in [4.78, 5) is 23.3. The smallest absolute Gasteiger partial charge is 0.233 e. The van der Waals surface area contributed by atoms with Gasteiger partial charge in [0, 0.05) is 25.9 Å². The van der Waals surface area contributed by atoms with Crippen molar-refractivity contribution < 1.29 is 9.59 Å². The van der Waals surface area contributed by atoms with E-state index in [2.05, 4.69) is 15.5 Å². The fourth-order valence-corrected chi connectivity index (χ4v) is 3.35. The molecule has 140 valence electrons. The van der Waals surface area contributed by atoms with Crippen LogP contribution in [0.25, 0.3) is 0 Å². The molecule has 1 heterocycles. The molecule has 0 saturated carbocycles. The van der Waals surface area contributed by atoms with Crippen LogP contribution >= 0.6 is 11.8 Å². The summed E-state index contributed by atoms with van der Waals surface area (Å²) in [6.07, 6.45) is 0.681. The van der Waals surface area contributed by atoms with E-state index >= 15 is 0 Å². The molecule has 3 N–H and O–H groups in total. The first-order valence-electron chi connectivity index (χ1n) is 8.61. The Morgan fingerprint density at radius 3 is 2.58 bits per heavy atom. The fraction of sp³-hybridized carbons (Fsp3) is 0.444. The number of nitrogens with zero attached hydrogens (tertiary/aromatic N) is 3. The van der Waals surface area contributed by atoms with E-state index in [0.717, 1.165) is 5.56 Å². The molecule has 2 aromatic rings. The first-order chi connectivity index (χ1) is 12.4. The van der Waals surface area contributed by atoms with E-state index in [0.29, 0.717) is 30.5 Å². The minimum Gasteiger partial charge on any atom is -0.370 e. The van der Waals surface area contributed by atoms with Gasteiger partial charge >= 0.3 is 0 Å². The maximum Gasteiger partial charge on any atom is 0.233 e. The Morgan fingerprint density at radius 1 is 1.27 bits per heavy atom. The number of hydrogen-bond donors (Lipinski definition) is 2. The molecule has 0 fully saturated rings. The number of nitrogens with one attached hydrogen (secondary N) is 1. The van der Waals surface area contributed by atoms with Crippen molar-refractivity contribution in [2.24, 2.45) is 5.73 Å². The molecule has 0 spiro atoms. The van der Waals surface area contributed by atoms with E-state index in [-0.39, 0.29) is 23.5 Å². The zero-order valence-corrected chi connectivity index (χ0v) is 16.2. The lowest BCUT2D eigenvalue weighted by Crippen LogP contribution is -2.30. The number of carbonyl (C=O) groups excluding carboxylic acids is 2. The van der Waals surface area contributed by atoms with Crippen LogP contribution in [0.2, 0.25) is 0 Å². The lowest BCUT2D eigenvalue weighted by Gasteiger charge is -2.13. The number of primary amides is 1. The third kappa shape index (κ3) is 5.59. The van der Waals surface area contributed by atoms with Crippen LogP contribution in [0.5, 0.6) is 0 Å². The van der Waals surface area contributed by atoms with Gasteiger partial charge in [0.05, 0.1) is 5.25 Å².